The second kappa shape index (κ2) is 13.0. The number of hydrogen-bond donors (Lipinski definition) is 4. The Morgan fingerprint density at radius 1 is 1.28 bits per heavy atom. The maximum absolute atomic E-state index is 14.8. The number of halogens is 2. The third kappa shape index (κ3) is 6.90. The molecule has 0 aliphatic rings. The standard InChI is InChI=1S/C26H33ClFN7O4/c1-15(13-36)35(23(38)12-34-22-8-7-16(29)9-19(22)25(32-34)26(30)39)17(14-37)10-31-21(11-33(2)3)18-5-4-6-20(27)24(18)28/h4-9,14-15,17,21,31,36H,10-13,29H2,1-3H3,(H2,30,39)/t15-,17?,21-/m1/s1. The van der Waals surface area contributed by atoms with Crippen molar-refractivity contribution in [1.82, 2.24) is 24.9 Å². The number of anilines is 1. The lowest BCUT2D eigenvalue weighted by molar-refractivity contribution is -0.140. The van der Waals surface area contributed by atoms with Crippen molar-refractivity contribution in [3.63, 3.8) is 0 Å². The van der Waals surface area contributed by atoms with Gasteiger partial charge in [-0.05, 0) is 45.3 Å². The average molecular weight is 562 g/mol. The minimum atomic E-state index is -1.01. The number of nitrogen functional groups attached to an aromatic ring is 1. The molecular formula is C26H33ClFN7O4. The Labute approximate surface area is 230 Å². The highest BCUT2D eigenvalue weighted by Crippen LogP contribution is 2.25. The number of aldehydes is 1. The summed E-state index contributed by atoms with van der Waals surface area (Å²) in [7, 11) is 3.64. The molecule has 0 fully saturated rings. The number of aliphatic hydroxyl groups excluding tert-OH is 1. The van der Waals surface area contributed by atoms with Gasteiger partial charge in [0.2, 0.25) is 5.91 Å². The summed E-state index contributed by atoms with van der Waals surface area (Å²) < 4.78 is 16.1. The molecule has 1 heterocycles. The SMILES string of the molecule is C[C@H](CO)N(C(=O)Cn1nc(C(N)=O)c2cc(N)ccc21)C(C=O)CN[C@H](CN(C)C)c1cccc(Cl)c1F. The number of aliphatic hydroxyl groups is 1. The van der Waals surface area contributed by atoms with Crippen molar-refractivity contribution in [2.75, 3.05) is 39.5 Å². The van der Waals surface area contributed by atoms with Crippen LogP contribution in [0.3, 0.4) is 0 Å². The number of nitrogens with one attached hydrogen (secondary N) is 1. The third-order valence-electron chi connectivity index (χ3n) is 6.31. The Hall–Kier alpha value is -3.58. The highest BCUT2D eigenvalue weighted by Gasteiger charge is 2.30. The van der Waals surface area contributed by atoms with Crippen molar-refractivity contribution in [2.45, 2.75) is 31.6 Å². The van der Waals surface area contributed by atoms with E-state index in [2.05, 4.69) is 10.4 Å². The minimum absolute atomic E-state index is 0.0285. The summed E-state index contributed by atoms with van der Waals surface area (Å²) >= 11 is 5.99. The van der Waals surface area contributed by atoms with E-state index in [1.807, 2.05) is 19.0 Å². The van der Waals surface area contributed by atoms with Crippen LogP contribution in [0.2, 0.25) is 5.02 Å². The van der Waals surface area contributed by atoms with Crippen molar-refractivity contribution in [2.24, 2.45) is 5.73 Å². The van der Waals surface area contributed by atoms with Gasteiger partial charge >= 0.3 is 0 Å². The van der Waals surface area contributed by atoms with E-state index in [9.17, 15) is 23.9 Å². The van der Waals surface area contributed by atoms with Gasteiger partial charge in [0.1, 0.15) is 24.7 Å². The fourth-order valence-corrected chi connectivity index (χ4v) is 4.64. The molecular weight excluding hydrogens is 529 g/mol. The van der Waals surface area contributed by atoms with Crippen LogP contribution in [0.25, 0.3) is 10.9 Å². The van der Waals surface area contributed by atoms with Crippen molar-refractivity contribution >= 4 is 46.3 Å². The molecule has 6 N–H and O–H groups in total. The Morgan fingerprint density at radius 2 is 2.00 bits per heavy atom. The summed E-state index contributed by atoms with van der Waals surface area (Å²) in [5, 5.41) is 17.6. The van der Waals surface area contributed by atoms with E-state index >= 15 is 0 Å². The zero-order valence-corrected chi connectivity index (χ0v) is 22.7. The van der Waals surface area contributed by atoms with E-state index in [1.54, 1.807) is 31.2 Å². The van der Waals surface area contributed by atoms with Crippen LogP contribution in [-0.2, 0) is 16.1 Å². The molecule has 3 aromatic rings. The van der Waals surface area contributed by atoms with Gasteiger partial charge in [0, 0.05) is 35.8 Å². The molecule has 13 heteroatoms. The second-order valence-electron chi connectivity index (χ2n) is 9.55. The molecule has 0 radical (unpaired) electrons. The lowest BCUT2D eigenvalue weighted by Crippen LogP contribution is -2.54. The van der Waals surface area contributed by atoms with Crippen molar-refractivity contribution < 1.29 is 23.9 Å². The lowest BCUT2D eigenvalue weighted by atomic mass is 10.0. The summed E-state index contributed by atoms with van der Waals surface area (Å²) in [6.45, 7) is 1.19. The topological polar surface area (TPSA) is 160 Å². The first-order chi connectivity index (χ1) is 18.5. The molecule has 0 saturated carbocycles. The van der Waals surface area contributed by atoms with Gasteiger partial charge in [-0.15, -0.1) is 0 Å². The zero-order valence-electron chi connectivity index (χ0n) is 22.0. The van der Waals surface area contributed by atoms with Crippen LogP contribution >= 0.6 is 11.6 Å². The molecule has 2 aromatic carbocycles. The second-order valence-corrected chi connectivity index (χ2v) is 9.96. The number of hydrogen-bond acceptors (Lipinski definition) is 8. The van der Waals surface area contributed by atoms with Crippen molar-refractivity contribution in [3.05, 3.63) is 58.5 Å². The maximum atomic E-state index is 14.8. The smallest absolute Gasteiger partial charge is 0.269 e. The van der Waals surface area contributed by atoms with E-state index in [1.165, 1.54) is 21.7 Å². The van der Waals surface area contributed by atoms with E-state index in [0.29, 0.717) is 35.0 Å². The monoisotopic (exact) mass is 561 g/mol. The van der Waals surface area contributed by atoms with Crippen LogP contribution in [0.5, 0.6) is 0 Å². The first kappa shape index (κ1) is 30.0. The molecule has 210 valence electrons. The molecule has 0 bridgehead atoms. The summed E-state index contributed by atoms with van der Waals surface area (Å²) in [6.07, 6.45) is 0.592. The number of fused-ring (bicyclic) bond motifs is 1. The van der Waals surface area contributed by atoms with E-state index in [-0.39, 0.29) is 23.8 Å². The van der Waals surface area contributed by atoms with Gasteiger partial charge in [0.15, 0.2) is 5.69 Å². The maximum Gasteiger partial charge on any atom is 0.269 e. The molecule has 0 aliphatic heterocycles. The number of carbonyl (C=O) groups is 3. The molecule has 2 amide bonds. The number of primary amides is 1. The zero-order chi connectivity index (χ0) is 28.9. The van der Waals surface area contributed by atoms with E-state index in [0.717, 1.165) is 0 Å². The predicted octanol–water partition coefficient (Wildman–Crippen LogP) is 1.18. The summed E-state index contributed by atoms with van der Waals surface area (Å²) in [5.74, 6) is -1.90. The predicted molar refractivity (Wildman–Crippen MR) is 147 cm³/mol. The van der Waals surface area contributed by atoms with Crippen LogP contribution in [0.4, 0.5) is 10.1 Å². The lowest BCUT2D eigenvalue weighted by Gasteiger charge is -2.34. The summed E-state index contributed by atoms with van der Waals surface area (Å²) in [5.41, 5.74) is 12.4. The van der Waals surface area contributed by atoms with Gasteiger partial charge in [0.05, 0.1) is 23.2 Å². The van der Waals surface area contributed by atoms with Crippen molar-refractivity contribution in [1.29, 1.82) is 0 Å². The van der Waals surface area contributed by atoms with Gasteiger partial charge in [0.25, 0.3) is 5.91 Å². The number of aromatic nitrogens is 2. The van der Waals surface area contributed by atoms with Crippen LogP contribution < -0.4 is 16.8 Å². The van der Waals surface area contributed by atoms with Crippen LogP contribution in [-0.4, -0.2) is 88.7 Å². The molecule has 0 saturated heterocycles. The van der Waals surface area contributed by atoms with Crippen LogP contribution in [0.15, 0.2) is 36.4 Å². The number of benzene rings is 2. The first-order valence-corrected chi connectivity index (χ1v) is 12.6. The van der Waals surface area contributed by atoms with Gasteiger partial charge in [-0.1, -0.05) is 23.7 Å². The number of amides is 2. The number of nitrogens with zero attached hydrogens (tertiary/aromatic N) is 4. The minimum Gasteiger partial charge on any atom is -0.399 e. The molecule has 1 aromatic heterocycles. The summed E-state index contributed by atoms with van der Waals surface area (Å²) in [4.78, 5) is 40.8. The Kier molecular flexibility index (Phi) is 9.97. The van der Waals surface area contributed by atoms with Gasteiger partial charge in [-0.2, -0.15) is 5.10 Å². The molecule has 3 rings (SSSR count). The molecule has 39 heavy (non-hydrogen) atoms. The molecule has 0 aliphatic carbocycles. The van der Waals surface area contributed by atoms with Crippen molar-refractivity contribution in [3.8, 4) is 0 Å². The Morgan fingerprint density at radius 3 is 2.62 bits per heavy atom. The molecule has 0 spiro atoms. The quantitative estimate of drug-likeness (QED) is 0.179. The van der Waals surface area contributed by atoms with Gasteiger partial charge < -0.3 is 36.5 Å². The number of likely N-dealkylation sites (N-methyl/N-ethyl adjacent to an activating group) is 1. The third-order valence-corrected chi connectivity index (χ3v) is 6.60. The highest BCUT2D eigenvalue weighted by molar-refractivity contribution is 6.30. The first-order valence-electron chi connectivity index (χ1n) is 12.2. The highest BCUT2D eigenvalue weighted by atomic mass is 35.5. The number of rotatable bonds is 13. The normalized spacial score (nSPS) is 13.8. The largest absolute Gasteiger partial charge is 0.399 e. The Bertz CT molecular complexity index is 1350. The summed E-state index contributed by atoms with van der Waals surface area (Å²) in [6, 6.07) is 7.12. The van der Waals surface area contributed by atoms with Gasteiger partial charge in [-0.25, -0.2) is 4.39 Å². The molecule has 11 nitrogen and oxygen atoms in total. The van der Waals surface area contributed by atoms with Crippen LogP contribution in [0.1, 0.15) is 29.0 Å². The average Bonchev–Trinajstić information content (AvgIpc) is 3.24. The fourth-order valence-electron chi connectivity index (χ4n) is 4.46. The fraction of sp³-hybridized carbons (Fsp3) is 0.385. The van der Waals surface area contributed by atoms with Crippen LogP contribution in [0, 0.1) is 5.82 Å². The molecule has 3 atom stereocenters. The number of nitrogens with two attached hydrogens (primary N) is 2. The molecule has 1 unspecified atom stereocenters. The van der Waals surface area contributed by atoms with E-state index in [4.69, 9.17) is 23.1 Å². The number of carbonyl (C=O) groups excluding carboxylic acids is 3. The van der Waals surface area contributed by atoms with Gasteiger partial charge in [-0.3, -0.25) is 14.3 Å². The van der Waals surface area contributed by atoms with E-state index < -0.39 is 42.4 Å². The Balaban J connectivity index is 1.89.